The van der Waals surface area contributed by atoms with Gasteiger partial charge in [0.05, 0.1) is 27.2 Å². The minimum atomic E-state index is -4.64. The molecule has 0 saturated heterocycles. The molecule has 0 heterocycles. The van der Waals surface area contributed by atoms with Gasteiger partial charge in [-0.2, -0.15) is 0 Å². The molecule has 0 aromatic carbocycles. The lowest BCUT2D eigenvalue weighted by Gasteiger charge is -2.31. The average Bonchev–Trinajstić information content (AvgIpc) is 2.42. The molecule has 0 aromatic rings. The Morgan fingerprint density at radius 1 is 1.21 bits per heavy atom. The molecule has 0 aromatic heterocycles. The van der Waals surface area contributed by atoms with Crippen molar-refractivity contribution in [3.8, 4) is 0 Å². The number of carbonyl (C=O) groups excluding carboxylic acids is 1. The topological polar surface area (TPSA) is 137 Å². The van der Waals surface area contributed by atoms with E-state index in [-0.39, 0.29) is 11.4 Å². The Bertz CT molecular complexity index is 372. The van der Waals surface area contributed by atoms with Crippen LogP contribution in [0.15, 0.2) is 12.7 Å². The molecule has 0 bridgehead atoms. The van der Waals surface area contributed by atoms with Gasteiger partial charge < -0.3 is 30.0 Å². The molecule has 0 spiro atoms. The second-order valence-electron chi connectivity index (χ2n) is 6.22. The lowest BCUT2D eigenvalue weighted by Crippen LogP contribution is -2.43. The molecule has 8 nitrogen and oxygen atoms in total. The largest absolute Gasteiger partial charge is 0.870 e. The van der Waals surface area contributed by atoms with Crippen LogP contribution in [0, 0.1) is 5.92 Å². The number of hydrogen-bond donors (Lipinski definition) is 4. The van der Waals surface area contributed by atoms with Crippen molar-refractivity contribution in [1.82, 2.24) is 5.32 Å². The molecule has 1 amide bonds. The summed E-state index contributed by atoms with van der Waals surface area (Å²) in [6.07, 6.45) is 6.22. The normalized spacial score (nSPS) is 11.2. The summed E-state index contributed by atoms with van der Waals surface area (Å²) in [7, 11) is -0.0879. The van der Waals surface area contributed by atoms with E-state index in [0.717, 1.165) is 29.9 Å². The maximum atomic E-state index is 11.0. The van der Waals surface area contributed by atoms with Crippen molar-refractivity contribution in [2.45, 2.75) is 39.5 Å². The van der Waals surface area contributed by atoms with Crippen LogP contribution in [0.1, 0.15) is 39.5 Å². The number of nitrogens with zero attached hydrogens (tertiary/aromatic N) is 1. The molecule has 0 aliphatic heterocycles. The lowest BCUT2D eigenvalue weighted by atomic mass is 9.99. The second-order valence-corrected chi connectivity index (χ2v) is 7.24. The fourth-order valence-electron chi connectivity index (χ4n) is 2.13. The van der Waals surface area contributed by atoms with Crippen LogP contribution < -0.4 is 5.32 Å². The van der Waals surface area contributed by atoms with Crippen molar-refractivity contribution < 1.29 is 34.0 Å². The number of amides is 1. The van der Waals surface area contributed by atoms with Gasteiger partial charge in [-0.05, 0) is 18.4 Å². The van der Waals surface area contributed by atoms with Gasteiger partial charge in [0.25, 0.3) is 0 Å². The first kappa shape index (κ1) is 28.1. The third-order valence-corrected chi connectivity index (χ3v) is 3.72. The zero-order valence-corrected chi connectivity index (χ0v) is 16.2. The molecule has 0 aliphatic rings. The summed E-state index contributed by atoms with van der Waals surface area (Å²) >= 11 is 0. The minimum absolute atomic E-state index is 0. The fraction of sp³-hybridized carbons (Fsp3) is 0.800. The Balaban J connectivity index is -0.000000639. The van der Waals surface area contributed by atoms with Crippen molar-refractivity contribution in [1.29, 1.82) is 0 Å². The van der Waals surface area contributed by atoms with Gasteiger partial charge in [0.2, 0.25) is 5.91 Å². The first-order chi connectivity index (χ1) is 10.4. The first-order valence-corrected chi connectivity index (χ1v) is 9.52. The number of carbonyl (C=O) groups is 1. The van der Waals surface area contributed by atoms with E-state index in [0.29, 0.717) is 0 Å². The molecule has 0 aliphatic carbocycles. The molecular formula is C15H35N2O6P. The monoisotopic (exact) mass is 370 g/mol. The fourth-order valence-corrected chi connectivity index (χ4v) is 2.13. The molecule has 0 rings (SSSR count). The number of nitrogens with one attached hydrogen (secondary N) is 1. The zero-order chi connectivity index (χ0) is 18.5. The SMILES string of the molecule is C=CC(=O)NCCC[N+](C)(C)CCC(CC)CC.O=P(O)(O)O.[OH-]. The van der Waals surface area contributed by atoms with E-state index in [9.17, 15) is 4.79 Å². The highest BCUT2D eigenvalue weighted by Gasteiger charge is 2.16. The molecule has 0 radical (unpaired) electrons. The molecule has 24 heavy (non-hydrogen) atoms. The summed E-state index contributed by atoms with van der Waals surface area (Å²) in [4.78, 5) is 32.6. The molecule has 0 saturated carbocycles. The minimum Gasteiger partial charge on any atom is -0.870 e. The van der Waals surface area contributed by atoms with Crippen LogP contribution in [0.2, 0.25) is 0 Å². The van der Waals surface area contributed by atoms with E-state index in [2.05, 4.69) is 39.8 Å². The van der Waals surface area contributed by atoms with Crippen molar-refractivity contribution >= 4 is 13.7 Å². The highest BCUT2D eigenvalue weighted by atomic mass is 31.2. The van der Waals surface area contributed by atoms with Gasteiger partial charge in [0.15, 0.2) is 0 Å². The molecule has 0 fully saturated rings. The summed E-state index contributed by atoms with van der Waals surface area (Å²) in [6, 6.07) is 0. The van der Waals surface area contributed by atoms with Gasteiger partial charge in [-0.1, -0.05) is 33.3 Å². The van der Waals surface area contributed by atoms with Crippen molar-refractivity contribution in [2.24, 2.45) is 5.92 Å². The van der Waals surface area contributed by atoms with E-state index in [4.69, 9.17) is 19.2 Å². The average molecular weight is 370 g/mol. The van der Waals surface area contributed by atoms with Crippen LogP contribution in [0.3, 0.4) is 0 Å². The van der Waals surface area contributed by atoms with Gasteiger partial charge in [-0.15, -0.1) is 0 Å². The Kier molecular flexibility index (Phi) is 17.0. The van der Waals surface area contributed by atoms with Crippen LogP contribution in [0.5, 0.6) is 0 Å². The number of phosphoric acid groups is 1. The van der Waals surface area contributed by atoms with E-state index in [1.807, 2.05) is 0 Å². The number of rotatable bonds is 10. The van der Waals surface area contributed by atoms with Gasteiger partial charge in [0.1, 0.15) is 0 Å². The van der Waals surface area contributed by atoms with Crippen molar-refractivity contribution in [3.63, 3.8) is 0 Å². The Labute approximate surface area is 145 Å². The number of hydrogen-bond acceptors (Lipinski definition) is 3. The van der Waals surface area contributed by atoms with Crippen molar-refractivity contribution in [3.05, 3.63) is 12.7 Å². The highest BCUT2D eigenvalue weighted by Crippen LogP contribution is 2.25. The van der Waals surface area contributed by atoms with E-state index < -0.39 is 7.82 Å². The molecular weight excluding hydrogens is 335 g/mol. The quantitative estimate of drug-likeness (QED) is 0.199. The van der Waals surface area contributed by atoms with Gasteiger partial charge in [-0.3, -0.25) is 4.79 Å². The summed E-state index contributed by atoms with van der Waals surface area (Å²) in [5, 5.41) is 2.83. The molecule has 0 atom stereocenters. The maximum Gasteiger partial charge on any atom is 0.466 e. The summed E-state index contributed by atoms with van der Waals surface area (Å²) in [5.74, 6) is 0.792. The van der Waals surface area contributed by atoms with Gasteiger partial charge in [-0.25, -0.2) is 4.57 Å². The Morgan fingerprint density at radius 2 is 1.67 bits per heavy atom. The smallest absolute Gasteiger partial charge is 0.466 e. The van der Waals surface area contributed by atoms with E-state index >= 15 is 0 Å². The van der Waals surface area contributed by atoms with Crippen LogP contribution in [0.4, 0.5) is 0 Å². The lowest BCUT2D eigenvalue weighted by molar-refractivity contribution is -0.891. The maximum absolute atomic E-state index is 11.0. The highest BCUT2D eigenvalue weighted by molar-refractivity contribution is 7.45. The van der Waals surface area contributed by atoms with Crippen LogP contribution in [0.25, 0.3) is 0 Å². The summed E-state index contributed by atoms with van der Waals surface area (Å²) in [5.41, 5.74) is 0. The van der Waals surface area contributed by atoms with Crippen molar-refractivity contribution in [2.75, 3.05) is 33.7 Å². The Hall–Kier alpha value is -0.760. The number of quaternary nitrogens is 1. The van der Waals surface area contributed by atoms with Crippen LogP contribution in [-0.2, 0) is 9.36 Å². The summed E-state index contributed by atoms with van der Waals surface area (Å²) < 4.78 is 9.92. The second kappa shape index (κ2) is 14.6. The molecule has 0 unspecified atom stereocenters. The van der Waals surface area contributed by atoms with E-state index in [1.165, 1.54) is 31.9 Å². The predicted octanol–water partition coefficient (Wildman–Crippen LogP) is 1.48. The first-order valence-electron chi connectivity index (χ1n) is 7.95. The van der Waals surface area contributed by atoms with Crippen LogP contribution in [-0.4, -0.2) is 64.3 Å². The molecule has 5 N–H and O–H groups in total. The Morgan fingerprint density at radius 3 is 2.04 bits per heavy atom. The summed E-state index contributed by atoms with van der Waals surface area (Å²) in [6.45, 7) is 11.1. The molecule has 146 valence electrons. The van der Waals surface area contributed by atoms with Gasteiger partial charge >= 0.3 is 7.82 Å². The molecule has 9 heteroatoms. The van der Waals surface area contributed by atoms with E-state index in [1.54, 1.807) is 0 Å². The predicted molar refractivity (Wildman–Crippen MR) is 94.6 cm³/mol. The zero-order valence-electron chi connectivity index (χ0n) is 15.3. The standard InChI is InChI=1S/C15H30N2O.H3O4P.H2O/c1-6-14(7-2)10-13-17(4,5)12-9-11-16-15(18)8-3;1-5(2,3)4;/h8,14H,3,6-7,9-13H2,1-2,4-5H3;(H3,1,2,3,4);1H2. The van der Waals surface area contributed by atoms with Gasteiger partial charge in [0, 0.05) is 13.0 Å². The third-order valence-electron chi connectivity index (χ3n) is 3.72. The van der Waals surface area contributed by atoms with Crippen LogP contribution >= 0.6 is 7.82 Å². The third kappa shape index (κ3) is 23.5.